The van der Waals surface area contributed by atoms with Crippen molar-refractivity contribution in [1.29, 1.82) is 0 Å². The van der Waals surface area contributed by atoms with Gasteiger partial charge in [0.1, 0.15) is 0 Å². The van der Waals surface area contributed by atoms with Crippen LogP contribution in [-0.4, -0.2) is 71.2 Å². The molecule has 8 heteroatoms. The van der Waals surface area contributed by atoms with Crippen LogP contribution in [-0.2, 0) is 16.1 Å². The molecule has 31 heavy (non-hydrogen) atoms. The Labute approximate surface area is 192 Å². The minimum Gasteiger partial charge on any atom is -0.379 e. The number of morpholine rings is 1. The second-order valence-corrected chi connectivity index (χ2v) is 8.97. The number of aromatic nitrogens is 2. The molecule has 1 saturated heterocycles. The fourth-order valence-electron chi connectivity index (χ4n) is 3.84. The van der Waals surface area contributed by atoms with Crippen molar-refractivity contribution in [3.8, 4) is 0 Å². The minimum absolute atomic E-state index is 0.103. The third-order valence-corrected chi connectivity index (χ3v) is 6.27. The summed E-state index contributed by atoms with van der Waals surface area (Å²) in [4.78, 5) is 34.5. The average Bonchev–Trinajstić information content (AvgIpc) is 2.79. The van der Waals surface area contributed by atoms with Gasteiger partial charge in [-0.2, -0.15) is 0 Å². The van der Waals surface area contributed by atoms with Gasteiger partial charge < -0.3 is 9.64 Å². The van der Waals surface area contributed by atoms with E-state index in [9.17, 15) is 9.59 Å². The number of aryl methyl sites for hydroxylation is 1. The first-order valence-corrected chi connectivity index (χ1v) is 12.1. The fraction of sp³-hybridized carbons (Fsp3) is 0.609. The molecule has 0 unspecified atom stereocenters. The maximum absolute atomic E-state index is 13.0. The van der Waals surface area contributed by atoms with Gasteiger partial charge in [0, 0.05) is 50.2 Å². The van der Waals surface area contributed by atoms with E-state index >= 15 is 0 Å². The first-order chi connectivity index (χ1) is 15.1. The van der Waals surface area contributed by atoms with Crippen LogP contribution in [0.5, 0.6) is 0 Å². The van der Waals surface area contributed by atoms with Gasteiger partial charge in [0.25, 0.3) is 5.56 Å². The number of benzene rings is 1. The van der Waals surface area contributed by atoms with E-state index in [2.05, 4.69) is 32.7 Å². The molecule has 1 aromatic heterocycles. The van der Waals surface area contributed by atoms with E-state index in [1.807, 2.05) is 17.0 Å². The summed E-state index contributed by atoms with van der Waals surface area (Å²) in [5.74, 6) is 0.103. The maximum atomic E-state index is 13.0. The van der Waals surface area contributed by atoms with Crippen LogP contribution in [0, 0.1) is 0 Å². The highest BCUT2D eigenvalue weighted by atomic mass is 79.9. The largest absolute Gasteiger partial charge is 0.379 e. The van der Waals surface area contributed by atoms with Gasteiger partial charge in [-0.05, 0) is 24.6 Å². The second-order valence-electron chi connectivity index (χ2n) is 8.05. The number of fused-ring (bicyclic) bond motifs is 1. The number of rotatable bonds is 11. The van der Waals surface area contributed by atoms with Crippen LogP contribution in [0.25, 0.3) is 10.9 Å². The molecule has 1 aliphatic rings. The lowest BCUT2D eigenvalue weighted by atomic mass is 10.2. The lowest BCUT2D eigenvalue weighted by Crippen LogP contribution is -2.43. The normalized spacial score (nSPS) is 14.8. The van der Waals surface area contributed by atoms with E-state index in [1.54, 1.807) is 17.0 Å². The van der Waals surface area contributed by atoms with E-state index in [4.69, 9.17) is 4.74 Å². The number of carbonyl (C=O) groups is 1. The zero-order valence-electron chi connectivity index (χ0n) is 18.4. The molecule has 2 heterocycles. The number of ether oxygens (including phenoxy) is 1. The van der Waals surface area contributed by atoms with Crippen molar-refractivity contribution >= 4 is 32.7 Å². The Bertz CT molecular complexity index is 911. The first kappa shape index (κ1) is 23.9. The predicted octanol–water partition coefficient (Wildman–Crippen LogP) is 3.29. The zero-order chi connectivity index (χ0) is 22.1. The maximum Gasteiger partial charge on any atom is 0.261 e. The summed E-state index contributed by atoms with van der Waals surface area (Å²) >= 11 is 3.41. The van der Waals surface area contributed by atoms with Crippen molar-refractivity contribution in [2.24, 2.45) is 0 Å². The Hall–Kier alpha value is -1.77. The summed E-state index contributed by atoms with van der Waals surface area (Å²) in [6.07, 6.45) is 6.38. The molecule has 0 aliphatic carbocycles. The molecule has 0 bridgehead atoms. The van der Waals surface area contributed by atoms with Crippen molar-refractivity contribution < 1.29 is 9.53 Å². The molecule has 1 aromatic carbocycles. The van der Waals surface area contributed by atoms with Gasteiger partial charge in [-0.3, -0.25) is 19.1 Å². The van der Waals surface area contributed by atoms with Gasteiger partial charge in [0.05, 0.1) is 30.4 Å². The van der Waals surface area contributed by atoms with Crippen molar-refractivity contribution in [3.63, 3.8) is 0 Å². The topological polar surface area (TPSA) is 67.7 Å². The van der Waals surface area contributed by atoms with Gasteiger partial charge >= 0.3 is 0 Å². The van der Waals surface area contributed by atoms with E-state index in [-0.39, 0.29) is 11.5 Å². The van der Waals surface area contributed by atoms with Crippen LogP contribution in [0.4, 0.5) is 0 Å². The predicted molar refractivity (Wildman–Crippen MR) is 126 cm³/mol. The number of unbranched alkanes of at least 4 members (excludes halogenated alkanes) is 3. The second kappa shape index (κ2) is 12.3. The number of amides is 1. The van der Waals surface area contributed by atoms with Crippen molar-refractivity contribution in [1.82, 2.24) is 19.4 Å². The fourth-order valence-corrected chi connectivity index (χ4v) is 4.20. The molecule has 3 rings (SSSR count). The molecular formula is C23H33BrN4O3. The minimum atomic E-state index is -0.109. The molecule has 0 N–H and O–H groups in total. The highest BCUT2D eigenvalue weighted by Crippen LogP contribution is 2.15. The van der Waals surface area contributed by atoms with E-state index in [0.717, 1.165) is 63.3 Å². The monoisotopic (exact) mass is 492 g/mol. The standard InChI is InChI=1S/C23H33BrN4O3/c1-2-3-4-5-9-27(12-11-26-13-15-31-16-14-26)22(29)8-10-28-18-25-21-7-6-19(24)17-20(21)23(28)30/h6-7,17-18H,2-5,8-16H2,1H3. The van der Waals surface area contributed by atoms with Crippen LogP contribution in [0.3, 0.4) is 0 Å². The highest BCUT2D eigenvalue weighted by molar-refractivity contribution is 9.10. The molecule has 0 radical (unpaired) electrons. The smallest absolute Gasteiger partial charge is 0.261 e. The van der Waals surface area contributed by atoms with Crippen LogP contribution < -0.4 is 5.56 Å². The Kier molecular flexibility index (Phi) is 9.49. The Morgan fingerprint density at radius 2 is 1.97 bits per heavy atom. The molecular weight excluding hydrogens is 460 g/mol. The molecule has 1 fully saturated rings. The SMILES string of the molecule is CCCCCCN(CCN1CCOCC1)C(=O)CCn1cnc2ccc(Br)cc2c1=O. The van der Waals surface area contributed by atoms with E-state index in [1.165, 1.54) is 12.8 Å². The van der Waals surface area contributed by atoms with Crippen LogP contribution in [0.2, 0.25) is 0 Å². The van der Waals surface area contributed by atoms with E-state index in [0.29, 0.717) is 23.9 Å². The van der Waals surface area contributed by atoms with Crippen LogP contribution in [0.1, 0.15) is 39.0 Å². The average molecular weight is 493 g/mol. The van der Waals surface area contributed by atoms with Crippen LogP contribution >= 0.6 is 15.9 Å². The van der Waals surface area contributed by atoms with Crippen molar-refractivity contribution in [3.05, 3.63) is 39.4 Å². The number of hydrogen-bond acceptors (Lipinski definition) is 5. The van der Waals surface area contributed by atoms with Crippen LogP contribution in [0.15, 0.2) is 33.8 Å². The summed E-state index contributed by atoms with van der Waals surface area (Å²) < 4.78 is 7.81. The highest BCUT2D eigenvalue weighted by Gasteiger charge is 2.17. The van der Waals surface area contributed by atoms with Gasteiger partial charge in [0.15, 0.2) is 0 Å². The van der Waals surface area contributed by atoms with Gasteiger partial charge in [0.2, 0.25) is 5.91 Å². The molecule has 0 spiro atoms. The van der Waals surface area contributed by atoms with Gasteiger partial charge in [-0.1, -0.05) is 42.1 Å². The third-order valence-electron chi connectivity index (χ3n) is 5.78. The van der Waals surface area contributed by atoms with Crippen molar-refractivity contribution in [2.45, 2.75) is 45.6 Å². The summed E-state index contributed by atoms with van der Waals surface area (Å²) in [5, 5.41) is 0.563. The molecule has 2 aromatic rings. The summed E-state index contributed by atoms with van der Waals surface area (Å²) in [7, 11) is 0. The van der Waals surface area contributed by atoms with E-state index < -0.39 is 0 Å². The zero-order valence-corrected chi connectivity index (χ0v) is 20.0. The summed E-state index contributed by atoms with van der Waals surface area (Å²) in [6.45, 7) is 8.28. The van der Waals surface area contributed by atoms with Gasteiger partial charge in [-0.25, -0.2) is 4.98 Å². The summed E-state index contributed by atoms with van der Waals surface area (Å²) in [6, 6.07) is 5.47. The lowest BCUT2D eigenvalue weighted by Gasteiger charge is -2.30. The summed E-state index contributed by atoms with van der Waals surface area (Å²) in [5.41, 5.74) is 0.556. The third kappa shape index (κ3) is 7.12. The molecule has 1 amide bonds. The quantitative estimate of drug-likeness (QED) is 0.450. The number of carbonyl (C=O) groups excluding carboxylic acids is 1. The Morgan fingerprint density at radius 1 is 1.16 bits per heavy atom. The first-order valence-electron chi connectivity index (χ1n) is 11.3. The number of hydrogen-bond donors (Lipinski definition) is 0. The van der Waals surface area contributed by atoms with Gasteiger partial charge in [-0.15, -0.1) is 0 Å². The molecule has 170 valence electrons. The lowest BCUT2D eigenvalue weighted by molar-refractivity contribution is -0.131. The van der Waals surface area contributed by atoms with Crippen molar-refractivity contribution in [2.75, 3.05) is 45.9 Å². The number of nitrogens with zero attached hydrogens (tertiary/aromatic N) is 4. The molecule has 0 saturated carbocycles. The Morgan fingerprint density at radius 3 is 2.74 bits per heavy atom. The molecule has 0 atom stereocenters. The molecule has 1 aliphatic heterocycles. The molecule has 7 nitrogen and oxygen atoms in total. The number of halogens is 1. The Balaban J connectivity index is 1.60.